The molecule has 0 radical (unpaired) electrons. The maximum Gasteiger partial charge on any atom is 0.119 e. The summed E-state index contributed by atoms with van der Waals surface area (Å²) in [7, 11) is 1.68. The van der Waals surface area contributed by atoms with Gasteiger partial charge >= 0.3 is 0 Å². The van der Waals surface area contributed by atoms with Gasteiger partial charge in [0.05, 0.1) is 24.0 Å². The Kier molecular flexibility index (Phi) is 3.75. The Labute approximate surface area is 141 Å². The maximum absolute atomic E-state index is 5.26. The number of aromatic nitrogens is 2. The van der Waals surface area contributed by atoms with Crippen molar-refractivity contribution in [3.05, 3.63) is 90.1 Å². The Hall–Kier alpha value is -3.07. The second-order valence-electron chi connectivity index (χ2n) is 5.74. The fourth-order valence-corrected chi connectivity index (χ4v) is 2.98. The highest BCUT2D eigenvalue weighted by Crippen LogP contribution is 2.25. The minimum absolute atomic E-state index is 0.841. The van der Waals surface area contributed by atoms with Gasteiger partial charge in [-0.1, -0.05) is 48.5 Å². The van der Waals surface area contributed by atoms with Gasteiger partial charge < -0.3 is 4.74 Å². The second-order valence-corrected chi connectivity index (χ2v) is 5.74. The van der Waals surface area contributed by atoms with E-state index in [1.807, 2.05) is 41.1 Å². The normalized spacial score (nSPS) is 10.9. The van der Waals surface area contributed by atoms with Crippen molar-refractivity contribution in [1.82, 2.24) is 9.78 Å². The number of hydrogen-bond acceptors (Lipinski definition) is 2. The van der Waals surface area contributed by atoms with E-state index in [9.17, 15) is 0 Å². The summed E-state index contributed by atoms with van der Waals surface area (Å²) in [6.45, 7) is 0. The van der Waals surface area contributed by atoms with Gasteiger partial charge in [-0.05, 0) is 35.9 Å². The van der Waals surface area contributed by atoms with Crippen LogP contribution in [0.4, 0.5) is 0 Å². The van der Waals surface area contributed by atoms with Crippen LogP contribution in [-0.2, 0) is 6.42 Å². The van der Waals surface area contributed by atoms with Crippen molar-refractivity contribution in [2.24, 2.45) is 0 Å². The molecule has 0 atom stereocenters. The first-order chi connectivity index (χ1) is 11.8. The zero-order chi connectivity index (χ0) is 16.4. The lowest BCUT2D eigenvalue weighted by molar-refractivity contribution is 0.414. The standard InChI is InChI=1S/C21H18N2O/c1-24-18-13-11-17(12-14-18)23-21(15-16-7-3-2-4-8-16)19-9-5-6-10-20(19)22-23/h2-14H,15H2,1H3. The first-order valence-electron chi connectivity index (χ1n) is 8.00. The van der Waals surface area contributed by atoms with Crippen LogP contribution in [0.1, 0.15) is 11.3 Å². The molecule has 118 valence electrons. The molecule has 0 saturated heterocycles. The van der Waals surface area contributed by atoms with Crippen molar-refractivity contribution in [3.63, 3.8) is 0 Å². The molecule has 0 aliphatic carbocycles. The van der Waals surface area contributed by atoms with E-state index in [0.29, 0.717) is 0 Å². The molecule has 4 rings (SSSR count). The molecule has 1 aromatic heterocycles. The number of fused-ring (bicyclic) bond motifs is 1. The van der Waals surface area contributed by atoms with Gasteiger partial charge in [0.15, 0.2) is 0 Å². The first-order valence-corrected chi connectivity index (χ1v) is 8.00. The topological polar surface area (TPSA) is 27.1 Å². The second kappa shape index (κ2) is 6.20. The number of benzene rings is 3. The molecule has 0 unspecified atom stereocenters. The summed E-state index contributed by atoms with van der Waals surface area (Å²) < 4.78 is 7.30. The molecule has 4 aromatic rings. The van der Waals surface area contributed by atoms with Crippen LogP contribution in [0, 0.1) is 0 Å². The van der Waals surface area contributed by atoms with Crippen molar-refractivity contribution in [2.45, 2.75) is 6.42 Å². The van der Waals surface area contributed by atoms with E-state index in [0.717, 1.165) is 23.4 Å². The summed E-state index contributed by atoms with van der Waals surface area (Å²) in [5.74, 6) is 0.847. The highest BCUT2D eigenvalue weighted by molar-refractivity contribution is 5.82. The average molecular weight is 314 g/mol. The lowest BCUT2D eigenvalue weighted by Gasteiger charge is -2.09. The molecule has 0 fully saturated rings. The van der Waals surface area contributed by atoms with Crippen LogP contribution < -0.4 is 4.74 Å². The Balaban J connectivity index is 1.85. The van der Waals surface area contributed by atoms with Crippen LogP contribution in [0.5, 0.6) is 5.75 Å². The summed E-state index contributed by atoms with van der Waals surface area (Å²) in [6, 6.07) is 26.8. The number of hydrogen-bond donors (Lipinski definition) is 0. The van der Waals surface area contributed by atoms with E-state index < -0.39 is 0 Å². The van der Waals surface area contributed by atoms with Gasteiger partial charge in [0.25, 0.3) is 0 Å². The molecule has 3 heteroatoms. The van der Waals surface area contributed by atoms with E-state index in [2.05, 4.69) is 42.5 Å². The summed E-state index contributed by atoms with van der Waals surface area (Å²) >= 11 is 0. The van der Waals surface area contributed by atoms with Gasteiger partial charge in [0.1, 0.15) is 5.75 Å². The maximum atomic E-state index is 5.26. The molecule has 0 amide bonds. The highest BCUT2D eigenvalue weighted by Gasteiger charge is 2.13. The highest BCUT2D eigenvalue weighted by atomic mass is 16.5. The predicted molar refractivity (Wildman–Crippen MR) is 96.9 cm³/mol. The minimum Gasteiger partial charge on any atom is -0.497 e. The van der Waals surface area contributed by atoms with Crippen LogP contribution in [0.15, 0.2) is 78.9 Å². The smallest absolute Gasteiger partial charge is 0.119 e. The Morgan fingerprint density at radius 1 is 0.833 bits per heavy atom. The minimum atomic E-state index is 0.841. The third kappa shape index (κ3) is 2.65. The van der Waals surface area contributed by atoms with E-state index >= 15 is 0 Å². The quantitative estimate of drug-likeness (QED) is 0.549. The molecular formula is C21H18N2O. The van der Waals surface area contributed by atoms with Gasteiger partial charge in [-0.15, -0.1) is 0 Å². The van der Waals surface area contributed by atoms with Crippen LogP contribution in [-0.4, -0.2) is 16.9 Å². The Bertz CT molecular complexity index is 956. The van der Waals surface area contributed by atoms with Gasteiger partial charge in [-0.3, -0.25) is 0 Å². The molecule has 3 aromatic carbocycles. The van der Waals surface area contributed by atoms with Gasteiger partial charge in [0.2, 0.25) is 0 Å². The summed E-state index contributed by atoms with van der Waals surface area (Å²) in [4.78, 5) is 0. The molecule has 0 bridgehead atoms. The molecule has 0 aliphatic heterocycles. The lowest BCUT2D eigenvalue weighted by Crippen LogP contribution is -2.03. The third-order valence-electron chi connectivity index (χ3n) is 4.21. The van der Waals surface area contributed by atoms with Gasteiger partial charge in [0, 0.05) is 11.8 Å². The fraction of sp³-hybridized carbons (Fsp3) is 0.0952. The zero-order valence-corrected chi connectivity index (χ0v) is 13.5. The Morgan fingerprint density at radius 3 is 2.29 bits per heavy atom. The van der Waals surface area contributed by atoms with E-state index in [1.165, 1.54) is 16.6 Å². The number of nitrogens with zero attached hydrogens (tertiary/aromatic N) is 2. The molecule has 24 heavy (non-hydrogen) atoms. The molecule has 3 nitrogen and oxygen atoms in total. The SMILES string of the molecule is COc1ccc(-n2nc3ccccc3c2Cc2ccccc2)cc1. The van der Waals surface area contributed by atoms with Crippen molar-refractivity contribution in [2.75, 3.05) is 7.11 Å². The molecule has 0 saturated carbocycles. The van der Waals surface area contributed by atoms with Gasteiger partial charge in [-0.25, -0.2) is 4.68 Å². The van der Waals surface area contributed by atoms with Crippen LogP contribution in [0.3, 0.4) is 0 Å². The summed E-state index contributed by atoms with van der Waals surface area (Å²) in [5.41, 5.74) is 4.53. The first kappa shape index (κ1) is 14.5. The summed E-state index contributed by atoms with van der Waals surface area (Å²) in [5, 5.41) is 6.00. The van der Waals surface area contributed by atoms with Crippen molar-refractivity contribution >= 4 is 10.9 Å². The molecule has 1 heterocycles. The van der Waals surface area contributed by atoms with Crippen molar-refractivity contribution in [3.8, 4) is 11.4 Å². The van der Waals surface area contributed by atoms with Crippen LogP contribution >= 0.6 is 0 Å². The average Bonchev–Trinajstić information content (AvgIpc) is 3.01. The zero-order valence-electron chi connectivity index (χ0n) is 13.5. The molecule has 0 spiro atoms. The Morgan fingerprint density at radius 2 is 1.54 bits per heavy atom. The van der Waals surface area contributed by atoms with E-state index in [-0.39, 0.29) is 0 Å². The van der Waals surface area contributed by atoms with Crippen LogP contribution in [0.2, 0.25) is 0 Å². The van der Waals surface area contributed by atoms with Crippen molar-refractivity contribution in [1.29, 1.82) is 0 Å². The van der Waals surface area contributed by atoms with Crippen molar-refractivity contribution < 1.29 is 4.74 Å². The van der Waals surface area contributed by atoms with Gasteiger partial charge in [-0.2, -0.15) is 5.10 Å². The largest absolute Gasteiger partial charge is 0.497 e. The number of rotatable bonds is 4. The third-order valence-corrected chi connectivity index (χ3v) is 4.21. The van der Waals surface area contributed by atoms with E-state index in [4.69, 9.17) is 9.84 Å². The number of methoxy groups -OCH3 is 1. The fourth-order valence-electron chi connectivity index (χ4n) is 2.98. The molecular weight excluding hydrogens is 296 g/mol. The molecule has 0 aliphatic rings. The number of ether oxygens (including phenoxy) is 1. The van der Waals surface area contributed by atoms with Crippen LogP contribution in [0.25, 0.3) is 16.6 Å². The lowest BCUT2D eigenvalue weighted by atomic mass is 10.1. The van der Waals surface area contributed by atoms with E-state index in [1.54, 1.807) is 7.11 Å². The molecule has 0 N–H and O–H groups in total. The monoisotopic (exact) mass is 314 g/mol. The predicted octanol–water partition coefficient (Wildman–Crippen LogP) is 4.62. The summed E-state index contributed by atoms with van der Waals surface area (Å²) in [6.07, 6.45) is 0.841.